The number of carboxylic acids is 1. The van der Waals surface area contributed by atoms with Gasteiger partial charge in [0.05, 0.1) is 56.8 Å². The van der Waals surface area contributed by atoms with Gasteiger partial charge < -0.3 is 34.6 Å². The van der Waals surface area contributed by atoms with E-state index in [1.165, 1.54) is 52.2 Å². The summed E-state index contributed by atoms with van der Waals surface area (Å²) in [5.41, 5.74) is 3.05. The minimum Gasteiger partial charge on any atom is -0.478 e. The zero-order chi connectivity index (χ0) is 42.1. The fourth-order valence-electron chi connectivity index (χ4n) is 3.33. The summed E-state index contributed by atoms with van der Waals surface area (Å²) in [4.78, 5) is 59.1. The van der Waals surface area contributed by atoms with E-state index >= 15 is 0 Å². The zero-order valence-corrected chi connectivity index (χ0v) is 35.2. The number of methoxy groups -OCH3 is 3. The van der Waals surface area contributed by atoms with Gasteiger partial charge in [0.15, 0.2) is 0 Å². The van der Waals surface area contributed by atoms with Crippen molar-refractivity contribution >= 4 is 69.1 Å². The Hall–Kier alpha value is -5.06. The molecule has 4 N–H and O–H groups in total. The highest BCUT2D eigenvalue weighted by Crippen LogP contribution is 2.06. The third-order valence-corrected chi connectivity index (χ3v) is 7.38. The van der Waals surface area contributed by atoms with Crippen LogP contribution in [0.2, 0.25) is 0 Å². The van der Waals surface area contributed by atoms with Crippen LogP contribution in [0.4, 0.5) is 0 Å². The Morgan fingerprint density at radius 1 is 0.625 bits per heavy atom. The first-order chi connectivity index (χ1) is 26.9. The van der Waals surface area contributed by atoms with E-state index in [2.05, 4.69) is 74.5 Å². The zero-order valence-electron chi connectivity index (χ0n) is 30.9. The first-order valence-corrected chi connectivity index (χ1v) is 18.4. The van der Waals surface area contributed by atoms with Crippen LogP contribution in [0.5, 0.6) is 0 Å². The molecular weight excluding hydrogens is 954 g/mol. The number of aliphatic hydroxyl groups is 3. The lowest BCUT2D eigenvalue weighted by molar-refractivity contribution is 0.0591. The number of aryl methyl sites for hydroxylation is 1. The average molecular weight is 997 g/mol. The van der Waals surface area contributed by atoms with E-state index in [9.17, 15) is 19.2 Å². The number of nitrogens with zero attached hydrogens (tertiary/aromatic N) is 4. The molecule has 15 nitrogen and oxygen atoms in total. The quantitative estimate of drug-likeness (QED) is 0.0424. The number of unbranched alkanes of at least 4 members (excludes halogenated alkanes) is 1. The molecule has 0 aliphatic carbocycles. The molecule has 4 rings (SSSR count). The Balaban J connectivity index is 0.000000700. The number of rotatable bonds is 10. The number of ether oxygens (including phenoxy) is 3. The molecule has 298 valence electrons. The molecule has 0 radical (unpaired) electrons. The van der Waals surface area contributed by atoms with E-state index in [0.717, 1.165) is 32.4 Å². The van der Waals surface area contributed by atoms with Crippen LogP contribution in [0, 0.1) is 31.6 Å². The number of aromatic nitrogens is 4. The minimum absolute atomic E-state index is 0.0350. The molecule has 4 aromatic rings. The maximum Gasteiger partial charge on any atom is 0.339 e. The van der Waals surface area contributed by atoms with Gasteiger partial charge in [-0.2, -0.15) is 0 Å². The molecule has 0 bridgehead atoms. The number of pyridine rings is 4. The van der Waals surface area contributed by atoms with Crippen LogP contribution in [0.25, 0.3) is 0 Å². The maximum atomic E-state index is 11.1. The maximum absolute atomic E-state index is 11.1. The van der Waals surface area contributed by atoms with Gasteiger partial charge in [0.1, 0.15) is 13.1 Å². The molecule has 0 aromatic carbocycles. The summed E-state index contributed by atoms with van der Waals surface area (Å²) in [6.45, 7) is 0.351. The van der Waals surface area contributed by atoms with Gasteiger partial charge in [-0.15, -0.1) is 12.3 Å². The molecule has 0 amide bonds. The molecule has 0 fully saturated rings. The molecule has 0 saturated carbocycles. The van der Waals surface area contributed by atoms with E-state index in [4.69, 9.17) is 26.8 Å². The number of carbonyl (C=O) groups excluding carboxylic acids is 3. The minimum atomic E-state index is -0.941. The molecular formula is C39H42I2N4O11. The summed E-state index contributed by atoms with van der Waals surface area (Å²) in [7, 11) is 4.01. The standard InChI is InChI=1S/C11H15NO3.C11H11NO3.C7H6INO2.C6H4INO2.C4H6O/c2*1-15-11(14)9-5-6-10(12-8-9)4-2-3-7-13;1-11-7(10)5-2-3-6(8)9-4-5;7-5-2-1-4(3-8-5)6(9)10;1-2-3-4-5/h5-6,8,13H,2-4,7H2,1H3;5-6,8,13H,3,7H2,1H3;2-4H,1H3;1-3H,(H,9,10);1,5H,3-4H2. The first kappa shape index (κ1) is 50.9. The number of carboxylic acid groups (broad SMARTS) is 1. The normalized spacial score (nSPS) is 9.12. The Morgan fingerprint density at radius 2 is 1.09 bits per heavy atom. The van der Waals surface area contributed by atoms with Crippen LogP contribution in [0.3, 0.4) is 0 Å². The summed E-state index contributed by atoms with van der Waals surface area (Å²) >= 11 is 4.08. The van der Waals surface area contributed by atoms with Crippen molar-refractivity contribution in [2.45, 2.75) is 32.1 Å². The molecule has 0 spiro atoms. The SMILES string of the molecule is C#CCCO.COC(=O)c1ccc(C#CCCO)nc1.COC(=O)c1ccc(CCCCO)nc1.COC(=O)c1ccc(I)nc1.O=C(O)c1ccc(I)nc1. The first-order valence-electron chi connectivity index (χ1n) is 16.3. The summed E-state index contributed by atoms with van der Waals surface area (Å²) in [6, 6.07) is 13.4. The van der Waals surface area contributed by atoms with E-state index in [1.54, 1.807) is 36.4 Å². The summed E-state index contributed by atoms with van der Waals surface area (Å²) in [6.07, 6.45) is 13.9. The number of hydrogen-bond donors (Lipinski definition) is 4. The van der Waals surface area contributed by atoms with Crippen molar-refractivity contribution in [2.75, 3.05) is 41.2 Å². The average Bonchev–Trinajstić information content (AvgIpc) is 3.22. The molecule has 17 heteroatoms. The van der Waals surface area contributed by atoms with Crippen molar-refractivity contribution in [3.05, 3.63) is 114 Å². The number of terminal acetylenes is 1. The van der Waals surface area contributed by atoms with Crippen molar-refractivity contribution in [2.24, 2.45) is 0 Å². The lowest BCUT2D eigenvalue weighted by Crippen LogP contribution is -2.02. The second kappa shape index (κ2) is 32.2. The highest BCUT2D eigenvalue weighted by Gasteiger charge is 2.06. The van der Waals surface area contributed by atoms with Crippen molar-refractivity contribution in [3.63, 3.8) is 0 Å². The lowest BCUT2D eigenvalue weighted by Gasteiger charge is -2.01. The number of esters is 3. The predicted octanol–water partition coefficient (Wildman–Crippen LogP) is 4.64. The van der Waals surface area contributed by atoms with Crippen LogP contribution < -0.4 is 0 Å². The third kappa shape index (κ3) is 23.7. The fraction of sp³-hybridized carbons (Fsp3) is 0.282. The van der Waals surface area contributed by atoms with Crippen molar-refractivity contribution in [3.8, 4) is 24.2 Å². The Bertz CT molecular complexity index is 1840. The van der Waals surface area contributed by atoms with Gasteiger partial charge in [-0.1, -0.05) is 5.92 Å². The van der Waals surface area contributed by atoms with Gasteiger partial charge in [-0.25, -0.2) is 34.1 Å². The van der Waals surface area contributed by atoms with Crippen LogP contribution in [0.15, 0.2) is 73.3 Å². The van der Waals surface area contributed by atoms with Gasteiger partial charge in [0.25, 0.3) is 0 Å². The molecule has 4 aromatic heterocycles. The van der Waals surface area contributed by atoms with Crippen LogP contribution in [-0.2, 0) is 20.6 Å². The molecule has 0 saturated heterocycles. The smallest absolute Gasteiger partial charge is 0.339 e. The summed E-state index contributed by atoms with van der Waals surface area (Å²) in [5.74, 6) is 5.68. The molecule has 0 aliphatic heterocycles. The number of carbonyl (C=O) groups is 4. The Kier molecular flexibility index (Phi) is 29.3. The van der Waals surface area contributed by atoms with Crippen LogP contribution in [-0.4, -0.2) is 105 Å². The predicted molar refractivity (Wildman–Crippen MR) is 223 cm³/mol. The molecule has 56 heavy (non-hydrogen) atoms. The van der Waals surface area contributed by atoms with Gasteiger partial charge in [-0.3, -0.25) is 4.98 Å². The molecule has 0 atom stereocenters. The van der Waals surface area contributed by atoms with Gasteiger partial charge in [0, 0.05) is 49.9 Å². The Morgan fingerprint density at radius 3 is 1.43 bits per heavy atom. The topological polar surface area (TPSA) is 228 Å². The second-order valence-corrected chi connectivity index (χ2v) is 12.3. The summed E-state index contributed by atoms with van der Waals surface area (Å²) in [5, 5.41) is 33.5. The van der Waals surface area contributed by atoms with Crippen molar-refractivity contribution in [1.29, 1.82) is 0 Å². The number of aliphatic hydroxyl groups excluding tert-OH is 3. The van der Waals surface area contributed by atoms with E-state index in [1.807, 2.05) is 28.7 Å². The molecule has 0 aliphatic rings. The van der Waals surface area contributed by atoms with Gasteiger partial charge in [0.2, 0.25) is 0 Å². The van der Waals surface area contributed by atoms with Crippen LogP contribution in [0.1, 0.15) is 78.5 Å². The van der Waals surface area contributed by atoms with Crippen molar-refractivity contribution < 1.29 is 53.8 Å². The Labute approximate surface area is 352 Å². The van der Waals surface area contributed by atoms with Gasteiger partial charge in [-0.05, 0) is 119 Å². The lowest BCUT2D eigenvalue weighted by atomic mass is 10.1. The second-order valence-electron chi connectivity index (χ2n) is 10.1. The third-order valence-electron chi connectivity index (χ3n) is 6.10. The van der Waals surface area contributed by atoms with Crippen LogP contribution >= 0.6 is 45.2 Å². The summed E-state index contributed by atoms with van der Waals surface area (Å²) < 4.78 is 15.2. The number of halogens is 2. The largest absolute Gasteiger partial charge is 0.478 e. The van der Waals surface area contributed by atoms with Crippen molar-refractivity contribution in [1.82, 2.24) is 19.9 Å². The monoisotopic (exact) mass is 996 g/mol. The highest BCUT2D eigenvalue weighted by molar-refractivity contribution is 14.1. The van der Waals surface area contributed by atoms with E-state index in [-0.39, 0.29) is 37.3 Å². The number of hydrogen-bond acceptors (Lipinski definition) is 14. The fourth-order valence-corrected chi connectivity index (χ4v) is 3.96. The molecule has 4 heterocycles. The van der Waals surface area contributed by atoms with E-state index < -0.39 is 11.9 Å². The highest BCUT2D eigenvalue weighted by atomic mass is 127. The molecule has 0 unspecified atom stereocenters. The van der Waals surface area contributed by atoms with Gasteiger partial charge >= 0.3 is 23.9 Å². The number of aromatic carboxylic acids is 1. The van der Waals surface area contributed by atoms with E-state index in [0.29, 0.717) is 35.2 Å².